The van der Waals surface area contributed by atoms with Crippen LogP contribution >= 0.6 is 7.60 Å². The van der Waals surface area contributed by atoms with Crippen molar-refractivity contribution >= 4 is 7.60 Å². The Labute approximate surface area is 58.2 Å². The molecular formula is C3H10N3O3P. The molecule has 1 saturated heterocycles. The van der Waals surface area contributed by atoms with Gasteiger partial charge in [0.2, 0.25) is 0 Å². The Morgan fingerprint density at radius 1 is 1.30 bits per heavy atom. The number of rotatable bonds is 1. The SMILES string of the molecule is O=P(O)(O)C1NCNCN1. The van der Waals surface area contributed by atoms with Crippen LogP contribution < -0.4 is 16.0 Å². The van der Waals surface area contributed by atoms with Gasteiger partial charge in [-0.05, 0) is 0 Å². The maximum Gasteiger partial charge on any atom is 0.356 e. The third-order valence-corrected chi connectivity index (χ3v) is 2.22. The maximum absolute atomic E-state index is 10.5. The summed E-state index contributed by atoms with van der Waals surface area (Å²) in [6.45, 7) is 0.839. The second-order valence-electron chi connectivity index (χ2n) is 2.00. The molecule has 6 nitrogen and oxygen atoms in total. The van der Waals surface area contributed by atoms with E-state index in [2.05, 4.69) is 16.0 Å². The summed E-state index contributed by atoms with van der Waals surface area (Å²) in [5.74, 6) is -0.895. The van der Waals surface area contributed by atoms with Gasteiger partial charge in [-0.25, -0.2) is 0 Å². The highest BCUT2D eigenvalue weighted by Crippen LogP contribution is 2.37. The minimum absolute atomic E-state index is 0.419. The fraction of sp³-hybridized carbons (Fsp3) is 1.00. The molecule has 0 aromatic heterocycles. The van der Waals surface area contributed by atoms with Crippen LogP contribution in [-0.4, -0.2) is 29.0 Å². The summed E-state index contributed by atoms with van der Waals surface area (Å²) in [6.07, 6.45) is 0. The lowest BCUT2D eigenvalue weighted by Gasteiger charge is -2.25. The first-order chi connectivity index (χ1) is 4.61. The first-order valence-electron chi connectivity index (χ1n) is 2.83. The van der Waals surface area contributed by atoms with Crippen molar-refractivity contribution in [1.29, 1.82) is 0 Å². The van der Waals surface area contributed by atoms with E-state index < -0.39 is 13.5 Å². The van der Waals surface area contributed by atoms with Crippen molar-refractivity contribution in [3.63, 3.8) is 0 Å². The van der Waals surface area contributed by atoms with E-state index in [1.807, 2.05) is 0 Å². The Balaban J connectivity index is 2.47. The monoisotopic (exact) mass is 167 g/mol. The van der Waals surface area contributed by atoms with E-state index in [9.17, 15) is 4.57 Å². The van der Waals surface area contributed by atoms with Gasteiger partial charge in [0, 0.05) is 13.3 Å². The van der Waals surface area contributed by atoms with Crippen molar-refractivity contribution in [1.82, 2.24) is 16.0 Å². The minimum Gasteiger partial charge on any atom is -0.322 e. The largest absolute Gasteiger partial charge is 0.356 e. The molecule has 0 bridgehead atoms. The molecule has 1 aliphatic rings. The normalized spacial score (nSPS) is 23.0. The van der Waals surface area contributed by atoms with E-state index in [0.29, 0.717) is 13.3 Å². The molecule has 60 valence electrons. The van der Waals surface area contributed by atoms with Crippen LogP contribution in [0.25, 0.3) is 0 Å². The van der Waals surface area contributed by atoms with Crippen LogP contribution in [0.15, 0.2) is 0 Å². The Morgan fingerprint density at radius 3 is 2.10 bits per heavy atom. The summed E-state index contributed by atoms with van der Waals surface area (Å²) >= 11 is 0. The lowest BCUT2D eigenvalue weighted by atomic mass is 10.8. The third-order valence-electron chi connectivity index (χ3n) is 1.18. The van der Waals surface area contributed by atoms with Crippen molar-refractivity contribution < 1.29 is 14.4 Å². The zero-order valence-corrected chi connectivity index (χ0v) is 6.14. The summed E-state index contributed by atoms with van der Waals surface area (Å²) in [5, 5.41) is 7.97. The molecule has 5 N–H and O–H groups in total. The predicted octanol–water partition coefficient (Wildman–Crippen LogP) is -1.85. The summed E-state index contributed by atoms with van der Waals surface area (Å²) in [6, 6.07) is 0. The van der Waals surface area contributed by atoms with Crippen molar-refractivity contribution in [2.24, 2.45) is 0 Å². The first-order valence-corrected chi connectivity index (χ1v) is 4.51. The lowest BCUT2D eigenvalue weighted by molar-refractivity contribution is 0.305. The van der Waals surface area contributed by atoms with Gasteiger partial charge in [-0.2, -0.15) is 0 Å². The molecule has 0 aromatic carbocycles. The van der Waals surface area contributed by atoms with Crippen LogP contribution in [0.2, 0.25) is 0 Å². The van der Waals surface area contributed by atoms with Crippen LogP contribution in [0.1, 0.15) is 0 Å². The van der Waals surface area contributed by atoms with E-state index in [-0.39, 0.29) is 0 Å². The van der Waals surface area contributed by atoms with E-state index >= 15 is 0 Å². The average Bonchev–Trinajstić information content (AvgIpc) is 1.88. The molecule has 1 aliphatic heterocycles. The zero-order valence-electron chi connectivity index (χ0n) is 5.24. The molecule has 0 saturated carbocycles. The molecule has 0 atom stereocenters. The van der Waals surface area contributed by atoms with Gasteiger partial charge in [-0.1, -0.05) is 0 Å². The third kappa shape index (κ3) is 2.02. The van der Waals surface area contributed by atoms with Crippen molar-refractivity contribution in [3.8, 4) is 0 Å². The average molecular weight is 167 g/mol. The summed E-state index contributed by atoms with van der Waals surface area (Å²) in [5.41, 5.74) is 0. The highest BCUT2D eigenvalue weighted by atomic mass is 31.2. The van der Waals surface area contributed by atoms with Crippen LogP contribution in [0, 0.1) is 0 Å². The Kier molecular flexibility index (Phi) is 2.40. The number of hydrogen-bond donors (Lipinski definition) is 5. The molecule has 10 heavy (non-hydrogen) atoms. The van der Waals surface area contributed by atoms with Crippen molar-refractivity contribution in [3.05, 3.63) is 0 Å². The molecule has 0 spiro atoms. The van der Waals surface area contributed by atoms with E-state index in [0.717, 1.165) is 0 Å². The molecule has 1 heterocycles. The molecular weight excluding hydrogens is 157 g/mol. The van der Waals surface area contributed by atoms with Gasteiger partial charge in [-0.15, -0.1) is 0 Å². The van der Waals surface area contributed by atoms with Gasteiger partial charge in [-0.3, -0.25) is 20.5 Å². The van der Waals surface area contributed by atoms with Gasteiger partial charge < -0.3 is 9.79 Å². The number of nitrogens with one attached hydrogen (secondary N) is 3. The fourth-order valence-electron chi connectivity index (χ4n) is 0.710. The predicted molar refractivity (Wildman–Crippen MR) is 35.0 cm³/mol. The molecule has 1 rings (SSSR count). The Morgan fingerprint density at radius 2 is 1.80 bits per heavy atom. The van der Waals surface area contributed by atoms with Gasteiger partial charge in [0.15, 0.2) is 5.91 Å². The molecule has 0 unspecified atom stereocenters. The molecule has 0 aliphatic carbocycles. The van der Waals surface area contributed by atoms with E-state index in [1.165, 1.54) is 0 Å². The topological polar surface area (TPSA) is 93.6 Å². The highest BCUT2D eigenvalue weighted by Gasteiger charge is 2.28. The molecule has 7 heteroatoms. The standard InChI is InChI=1S/C3H10N3O3P/c7-10(8,9)3-5-1-4-2-6-3/h3-6H,1-2H2,(H2,7,8,9). The highest BCUT2D eigenvalue weighted by molar-refractivity contribution is 7.52. The van der Waals surface area contributed by atoms with Gasteiger partial charge in [0.25, 0.3) is 0 Å². The Hall–Kier alpha value is 0.0300. The second-order valence-corrected chi connectivity index (χ2v) is 3.70. The van der Waals surface area contributed by atoms with Gasteiger partial charge in [0.05, 0.1) is 0 Å². The first kappa shape index (κ1) is 8.13. The van der Waals surface area contributed by atoms with Crippen LogP contribution in [0.5, 0.6) is 0 Å². The smallest absolute Gasteiger partial charge is 0.322 e. The van der Waals surface area contributed by atoms with E-state index in [4.69, 9.17) is 9.79 Å². The molecule has 0 amide bonds. The summed E-state index contributed by atoms with van der Waals surface area (Å²) in [7, 11) is -4.00. The Bertz CT molecular complexity index is 151. The van der Waals surface area contributed by atoms with Gasteiger partial charge in [0.1, 0.15) is 0 Å². The second kappa shape index (κ2) is 2.96. The molecule has 0 aromatic rings. The van der Waals surface area contributed by atoms with Crippen molar-refractivity contribution in [2.45, 2.75) is 5.91 Å². The lowest BCUT2D eigenvalue weighted by Crippen LogP contribution is -2.55. The van der Waals surface area contributed by atoms with Crippen molar-refractivity contribution in [2.75, 3.05) is 13.3 Å². The quantitative estimate of drug-likeness (QED) is 0.294. The van der Waals surface area contributed by atoms with Gasteiger partial charge >= 0.3 is 7.60 Å². The van der Waals surface area contributed by atoms with Crippen LogP contribution in [0.4, 0.5) is 0 Å². The maximum atomic E-state index is 10.5. The summed E-state index contributed by atoms with van der Waals surface area (Å²) < 4.78 is 10.5. The minimum atomic E-state index is -4.00. The fourth-order valence-corrected chi connectivity index (χ4v) is 1.37. The molecule has 1 fully saturated rings. The number of hydrogen-bond acceptors (Lipinski definition) is 4. The zero-order chi connectivity index (χ0) is 7.61. The van der Waals surface area contributed by atoms with Crippen LogP contribution in [0.3, 0.4) is 0 Å². The summed E-state index contributed by atoms with van der Waals surface area (Å²) in [4.78, 5) is 17.2. The van der Waals surface area contributed by atoms with Crippen LogP contribution in [-0.2, 0) is 4.57 Å². The molecule has 0 radical (unpaired) electrons. The van der Waals surface area contributed by atoms with E-state index in [1.54, 1.807) is 0 Å².